The van der Waals surface area contributed by atoms with Crippen molar-refractivity contribution in [1.29, 1.82) is 0 Å². The van der Waals surface area contributed by atoms with Gasteiger partial charge < -0.3 is 16.2 Å². The fraction of sp³-hybridized carbons (Fsp3) is 0.0556. The Bertz CT molecular complexity index is 1010. The summed E-state index contributed by atoms with van der Waals surface area (Å²) < 4.78 is 1.61. The van der Waals surface area contributed by atoms with Crippen molar-refractivity contribution in [2.24, 2.45) is 0 Å². The number of para-hydroxylation sites is 1. The molecule has 0 aliphatic carbocycles. The molecule has 0 radical (unpaired) electrons. The molecule has 0 amide bonds. The fourth-order valence-corrected chi connectivity index (χ4v) is 2.63. The van der Waals surface area contributed by atoms with Crippen LogP contribution in [0.25, 0.3) is 11.2 Å². The Balaban J connectivity index is 1.77. The SMILES string of the molecule is Nc1nc(Nc2ccccc2)nc2c1nc(O)n2Cc1ccccc1. The van der Waals surface area contributed by atoms with E-state index in [1.165, 1.54) is 0 Å². The zero-order chi connectivity index (χ0) is 17.2. The Labute approximate surface area is 143 Å². The second kappa shape index (κ2) is 6.12. The molecule has 7 nitrogen and oxygen atoms in total. The van der Waals surface area contributed by atoms with Crippen LogP contribution in [0.4, 0.5) is 17.5 Å². The molecule has 2 aromatic carbocycles. The first kappa shape index (κ1) is 14.9. The molecule has 0 bridgehead atoms. The average molecular weight is 332 g/mol. The number of nitrogens with zero attached hydrogens (tertiary/aromatic N) is 4. The largest absolute Gasteiger partial charge is 0.480 e. The minimum atomic E-state index is -0.142. The van der Waals surface area contributed by atoms with Crippen molar-refractivity contribution in [3.05, 3.63) is 66.2 Å². The van der Waals surface area contributed by atoms with Gasteiger partial charge in [0.25, 0.3) is 6.01 Å². The first-order valence-corrected chi connectivity index (χ1v) is 7.79. The van der Waals surface area contributed by atoms with Crippen molar-refractivity contribution >= 4 is 28.6 Å². The predicted octanol–water partition coefficient (Wildman–Crippen LogP) is 2.91. The number of hydrogen-bond acceptors (Lipinski definition) is 6. The molecule has 0 aliphatic rings. The molecule has 0 fully saturated rings. The lowest BCUT2D eigenvalue weighted by atomic mass is 10.2. The predicted molar refractivity (Wildman–Crippen MR) is 96.7 cm³/mol. The smallest absolute Gasteiger partial charge is 0.296 e. The third-order valence-corrected chi connectivity index (χ3v) is 3.81. The van der Waals surface area contributed by atoms with E-state index in [4.69, 9.17) is 5.73 Å². The maximum Gasteiger partial charge on any atom is 0.296 e. The first-order valence-electron chi connectivity index (χ1n) is 7.79. The quantitative estimate of drug-likeness (QED) is 0.531. The Hall–Kier alpha value is -3.61. The highest BCUT2D eigenvalue weighted by Gasteiger charge is 2.16. The normalized spacial score (nSPS) is 10.9. The van der Waals surface area contributed by atoms with E-state index in [9.17, 15) is 5.11 Å². The van der Waals surface area contributed by atoms with E-state index in [1.54, 1.807) is 4.57 Å². The van der Waals surface area contributed by atoms with Gasteiger partial charge in [0.05, 0.1) is 6.54 Å². The third-order valence-electron chi connectivity index (χ3n) is 3.81. The van der Waals surface area contributed by atoms with Gasteiger partial charge in [-0.3, -0.25) is 4.57 Å². The van der Waals surface area contributed by atoms with Crippen LogP contribution in [0.3, 0.4) is 0 Å². The summed E-state index contributed by atoms with van der Waals surface area (Å²) in [6.45, 7) is 0.435. The molecule has 2 heterocycles. The van der Waals surface area contributed by atoms with Gasteiger partial charge in [-0.05, 0) is 17.7 Å². The van der Waals surface area contributed by atoms with Crippen LogP contribution >= 0.6 is 0 Å². The molecule has 0 saturated heterocycles. The summed E-state index contributed by atoms with van der Waals surface area (Å²) in [6, 6.07) is 19.2. The Kier molecular flexibility index (Phi) is 3.66. The zero-order valence-electron chi connectivity index (χ0n) is 13.3. The number of nitrogens with two attached hydrogens (primary N) is 1. The number of imidazole rings is 1. The van der Waals surface area contributed by atoms with Gasteiger partial charge in [0.2, 0.25) is 5.95 Å². The monoisotopic (exact) mass is 332 g/mol. The zero-order valence-corrected chi connectivity index (χ0v) is 13.3. The third kappa shape index (κ3) is 2.94. The topological polar surface area (TPSA) is 102 Å². The maximum atomic E-state index is 10.2. The van der Waals surface area contributed by atoms with E-state index < -0.39 is 0 Å². The molecule has 4 N–H and O–H groups in total. The first-order chi connectivity index (χ1) is 12.2. The molecule has 4 aromatic rings. The van der Waals surface area contributed by atoms with Crippen molar-refractivity contribution < 1.29 is 5.11 Å². The van der Waals surface area contributed by atoms with Gasteiger partial charge in [-0.1, -0.05) is 48.5 Å². The summed E-state index contributed by atoms with van der Waals surface area (Å²) in [7, 11) is 0. The molecule has 25 heavy (non-hydrogen) atoms. The van der Waals surface area contributed by atoms with Crippen LogP contribution in [0.15, 0.2) is 60.7 Å². The summed E-state index contributed by atoms with van der Waals surface area (Å²) in [4.78, 5) is 12.8. The van der Waals surface area contributed by atoms with E-state index in [0.29, 0.717) is 23.7 Å². The van der Waals surface area contributed by atoms with Crippen molar-refractivity contribution in [1.82, 2.24) is 19.5 Å². The molecule has 0 atom stereocenters. The molecular weight excluding hydrogens is 316 g/mol. The van der Waals surface area contributed by atoms with Gasteiger partial charge >= 0.3 is 0 Å². The number of rotatable bonds is 4. The number of aromatic hydroxyl groups is 1. The second-order valence-corrected chi connectivity index (χ2v) is 5.58. The van der Waals surface area contributed by atoms with E-state index in [-0.39, 0.29) is 11.8 Å². The lowest BCUT2D eigenvalue weighted by molar-refractivity contribution is 0.408. The van der Waals surface area contributed by atoms with Crippen LogP contribution in [0.5, 0.6) is 6.01 Å². The van der Waals surface area contributed by atoms with Gasteiger partial charge in [-0.2, -0.15) is 15.0 Å². The van der Waals surface area contributed by atoms with Crippen LogP contribution in [0.1, 0.15) is 5.56 Å². The summed E-state index contributed by atoms with van der Waals surface area (Å²) >= 11 is 0. The second-order valence-electron chi connectivity index (χ2n) is 5.58. The summed E-state index contributed by atoms with van der Waals surface area (Å²) in [5.74, 6) is 0.566. The molecule has 0 unspecified atom stereocenters. The van der Waals surface area contributed by atoms with Crippen molar-refractivity contribution in [3.8, 4) is 6.01 Å². The van der Waals surface area contributed by atoms with Crippen LogP contribution in [-0.2, 0) is 6.54 Å². The molecule has 124 valence electrons. The minimum Gasteiger partial charge on any atom is -0.480 e. The van der Waals surface area contributed by atoms with Crippen molar-refractivity contribution in [2.75, 3.05) is 11.1 Å². The van der Waals surface area contributed by atoms with E-state index in [2.05, 4.69) is 20.3 Å². The number of nitrogens with one attached hydrogen (secondary N) is 1. The lowest BCUT2D eigenvalue weighted by Crippen LogP contribution is -2.05. The number of aromatic nitrogens is 4. The molecular formula is C18H16N6O. The van der Waals surface area contributed by atoms with Gasteiger partial charge in [0.1, 0.15) is 0 Å². The summed E-state index contributed by atoms with van der Waals surface area (Å²) in [5.41, 5.74) is 8.74. The number of nitrogen functional groups attached to an aromatic ring is 1. The lowest BCUT2D eigenvalue weighted by Gasteiger charge is -2.08. The van der Waals surface area contributed by atoms with Crippen LogP contribution in [-0.4, -0.2) is 24.6 Å². The minimum absolute atomic E-state index is 0.142. The highest BCUT2D eigenvalue weighted by atomic mass is 16.3. The van der Waals surface area contributed by atoms with Gasteiger partial charge in [0.15, 0.2) is 17.0 Å². The molecule has 7 heteroatoms. The highest BCUT2D eigenvalue weighted by Crippen LogP contribution is 2.26. The standard InChI is InChI=1S/C18H16N6O/c19-15-14-16(23-17(22-15)20-13-9-5-2-6-10-13)24(18(25)21-14)11-12-7-3-1-4-8-12/h1-10H,11H2,(H,21,25)(H3,19,20,22,23). The van der Waals surface area contributed by atoms with E-state index in [0.717, 1.165) is 11.3 Å². The van der Waals surface area contributed by atoms with E-state index in [1.807, 2.05) is 60.7 Å². The summed E-state index contributed by atoms with van der Waals surface area (Å²) in [6.07, 6.45) is 0. The Morgan fingerprint density at radius 1 is 0.920 bits per heavy atom. The highest BCUT2D eigenvalue weighted by molar-refractivity contribution is 5.84. The van der Waals surface area contributed by atoms with Gasteiger partial charge in [-0.15, -0.1) is 0 Å². The van der Waals surface area contributed by atoms with Crippen LogP contribution < -0.4 is 11.1 Å². The molecule has 4 rings (SSSR count). The number of hydrogen-bond donors (Lipinski definition) is 3. The van der Waals surface area contributed by atoms with Crippen LogP contribution in [0.2, 0.25) is 0 Å². The molecule has 0 spiro atoms. The number of benzene rings is 2. The van der Waals surface area contributed by atoms with Crippen molar-refractivity contribution in [2.45, 2.75) is 6.54 Å². The molecule has 0 saturated carbocycles. The number of anilines is 3. The fourth-order valence-electron chi connectivity index (χ4n) is 2.63. The summed E-state index contributed by atoms with van der Waals surface area (Å²) in [5, 5.41) is 13.3. The van der Waals surface area contributed by atoms with Crippen molar-refractivity contribution in [3.63, 3.8) is 0 Å². The van der Waals surface area contributed by atoms with E-state index >= 15 is 0 Å². The maximum absolute atomic E-state index is 10.2. The molecule has 0 aliphatic heterocycles. The van der Waals surface area contributed by atoms with Gasteiger partial charge in [-0.25, -0.2) is 0 Å². The van der Waals surface area contributed by atoms with Crippen LogP contribution in [0, 0.1) is 0 Å². The number of fused-ring (bicyclic) bond motifs is 1. The van der Waals surface area contributed by atoms with Gasteiger partial charge in [0, 0.05) is 5.69 Å². The Morgan fingerprint density at radius 2 is 1.60 bits per heavy atom. The average Bonchev–Trinajstić information content (AvgIpc) is 2.94. The Morgan fingerprint density at radius 3 is 2.32 bits per heavy atom. The molecule has 2 aromatic heterocycles.